The lowest BCUT2D eigenvalue weighted by Crippen LogP contribution is -2.34. The number of hydrogen-bond donors (Lipinski definition) is 1. The van der Waals surface area contributed by atoms with E-state index in [2.05, 4.69) is 19.2 Å². The fourth-order valence-electron chi connectivity index (χ4n) is 1.63. The van der Waals surface area contributed by atoms with Crippen molar-refractivity contribution >= 4 is 11.8 Å². The molecule has 1 aromatic rings. The second kappa shape index (κ2) is 6.48. The highest BCUT2D eigenvalue weighted by atomic mass is 32.2. The van der Waals surface area contributed by atoms with Gasteiger partial charge in [0.05, 0.1) is 0 Å². The van der Waals surface area contributed by atoms with Crippen LogP contribution in [-0.4, -0.2) is 24.4 Å². The van der Waals surface area contributed by atoms with Gasteiger partial charge in [0.2, 0.25) is 0 Å². The Morgan fingerprint density at radius 2 is 1.72 bits per heavy atom. The van der Waals surface area contributed by atoms with Crippen LogP contribution in [0.25, 0.3) is 0 Å². The molecule has 0 amide bonds. The van der Waals surface area contributed by atoms with E-state index in [1.54, 1.807) is 0 Å². The average Bonchev–Trinajstić information content (AvgIpc) is 2.28. The van der Waals surface area contributed by atoms with Gasteiger partial charge < -0.3 is 5.32 Å². The Kier molecular flexibility index (Phi) is 5.53. The lowest BCUT2D eigenvalue weighted by molar-refractivity contribution is -0.0327. The molecule has 1 N–H and O–H groups in total. The molecule has 0 radical (unpaired) electrons. The van der Waals surface area contributed by atoms with Crippen molar-refractivity contribution in [1.82, 2.24) is 5.32 Å². The van der Waals surface area contributed by atoms with Crippen LogP contribution in [0.1, 0.15) is 19.4 Å². The number of halogens is 3. The maximum atomic E-state index is 11.9. The van der Waals surface area contributed by atoms with Crippen LogP contribution in [0.3, 0.4) is 0 Å². The molecule has 0 atom stereocenters. The Hall–Kier alpha value is -0.680. The van der Waals surface area contributed by atoms with E-state index in [9.17, 15) is 13.2 Å². The molecule has 0 fully saturated rings. The molecular formula is C13H18F3NS. The van der Waals surface area contributed by atoms with Gasteiger partial charge in [-0.2, -0.15) is 13.2 Å². The summed E-state index contributed by atoms with van der Waals surface area (Å²) >= 11 is 0.0175. The average molecular weight is 277 g/mol. The van der Waals surface area contributed by atoms with Gasteiger partial charge in [0.1, 0.15) is 0 Å². The Morgan fingerprint density at radius 1 is 1.11 bits per heavy atom. The molecule has 0 saturated carbocycles. The van der Waals surface area contributed by atoms with Crippen LogP contribution >= 0.6 is 11.8 Å². The van der Waals surface area contributed by atoms with E-state index in [0.717, 1.165) is 0 Å². The lowest BCUT2D eigenvalue weighted by Gasteiger charge is -2.25. The van der Waals surface area contributed by atoms with Gasteiger partial charge in [-0.1, -0.05) is 44.2 Å². The zero-order valence-corrected chi connectivity index (χ0v) is 11.4. The molecule has 102 valence electrons. The van der Waals surface area contributed by atoms with Gasteiger partial charge >= 0.3 is 5.51 Å². The van der Waals surface area contributed by atoms with E-state index in [1.165, 1.54) is 5.56 Å². The molecule has 1 rings (SSSR count). The van der Waals surface area contributed by atoms with Crippen molar-refractivity contribution < 1.29 is 13.2 Å². The van der Waals surface area contributed by atoms with E-state index in [-0.39, 0.29) is 22.9 Å². The summed E-state index contributed by atoms with van der Waals surface area (Å²) in [6.45, 7) is 5.17. The molecule has 0 aliphatic rings. The molecule has 0 unspecified atom stereocenters. The number of nitrogens with one attached hydrogen (secondary N) is 1. The molecule has 0 heterocycles. The van der Waals surface area contributed by atoms with Crippen LogP contribution in [0.15, 0.2) is 30.3 Å². The van der Waals surface area contributed by atoms with Crippen molar-refractivity contribution in [3.05, 3.63) is 35.9 Å². The summed E-state index contributed by atoms with van der Waals surface area (Å²) in [5, 5.41) is 3.08. The van der Waals surface area contributed by atoms with Gasteiger partial charge in [-0.3, -0.25) is 0 Å². The van der Waals surface area contributed by atoms with Crippen molar-refractivity contribution in [2.75, 3.05) is 18.8 Å². The molecule has 0 saturated heterocycles. The van der Waals surface area contributed by atoms with Gasteiger partial charge in [-0.15, -0.1) is 0 Å². The third kappa shape index (κ3) is 5.78. The summed E-state index contributed by atoms with van der Waals surface area (Å²) < 4.78 is 35.8. The van der Waals surface area contributed by atoms with Crippen LogP contribution in [0.5, 0.6) is 0 Å². The summed E-state index contributed by atoms with van der Waals surface area (Å²) in [6, 6.07) is 9.96. The van der Waals surface area contributed by atoms with Gasteiger partial charge in [-0.25, -0.2) is 0 Å². The van der Waals surface area contributed by atoms with Crippen molar-refractivity contribution in [1.29, 1.82) is 0 Å². The highest BCUT2D eigenvalue weighted by molar-refractivity contribution is 8.00. The predicted octanol–water partition coefficient (Wildman–Crippen LogP) is 3.81. The first-order valence-corrected chi connectivity index (χ1v) is 6.77. The van der Waals surface area contributed by atoms with Crippen LogP contribution in [0.4, 0.5) is 13.2 Å². The van der Waals surface area contributed by atoms with Gasteiger partial charge in [-0.05, 0) is 17.3 Å². The topological polar surface area (TPSA) is 12.0 Å². The number of alkyl halides is 3. The Bertz CT molecular complexity index is 349. The molecule has 0 aliphatic heterocycles. The van der Waals surface area contributed by atoms with E-state index >= 15 is 0 Å². The minimum absolute atomic E-state index is 0.0175. The van der Waals surface area contributed by atoms with E-state index in [1.807, 2.05) is 30.3 Å². The Labute approximate surface area is 110 Å². The summed E-state index contributed by atoms with van der Waals surface area (Å²) in [4.78, 5) is 0. The molecule has 0 spiro atoms. The van der Waals surface area contributed by atoms with E-state index in [4.69, 9.17) is 0 Å². The van der Waals surface area contributed by atoms with Gasteiger partial charge in [0, 0.05) is 24.3 Å². The molecule has 18 heavy (non-hydrogen) atoms. The maximum Gasteiger partial charge on any atom is 0.441 e. The first-order chi connectivity index (χ1) is 8.31. The Balaban J connectivity index is 2.30. The SMILES string of the molecule is CC(C)(CNCCSC(F)(F)F)c1ccccc1. The molecule has 1 nitrogen and oxygen atoms in total. The van der Waals surface area contributed by atoms with Crippen LogP contribution in [0.2, 0.25) is 0 Å². The highest BCUT2D eigenvalue weighted by Gasteiger charge is 2.27. The highest BCUT2D eigenvalue weighted by Crippen LogP contribution is 2.29. The van der Waals surface area contributed by atoms with Gasteiger partial charge in [0.25, 0.3) is 0 Å². The molecule has 0 bridgehead atoms. The normalized spacial score (nSPS) is 12.7. The summed E-state index contributed by atoms with van der Waals surface area (Å²) in [7, 11) is 0. The predicted molar refractivity (Wildman–Crippen MR) is 70.9 cm³/mol. The minimum atomic E-state index is -4.13. The summed E-state index contributed by atoms with van der Waals surface area (Å²) in [5.74, 6) is 0.0500. The monoisotopic (exact) mass is 277 g/mol. The number of benzene rings is 1. The second-order valence-corrected chi connectivity index (χ2v) is 5.88. The van der Waals surface area contributed by atoms with Crippen molar-refractivity contribution in [2.24, 2.45) is 0 Å². The quantitative estimate of drug-likeness (QED) is 0.794. The van der Waals surface area contributed by atoms with E-state index < -0.39 is 5.51 Å². The lowest BCUT2D eigenvalue weighted by atomic mass is 9.85. The summed E-state index contributed by atoms with van der Waals surface area (Å²) in [6.07, 6.45) is 0. The van der Waals surface area contributed by atoms with Crippen LogP contribution < -0.4 is 5.32 Å². The van der Waals surface area contributed by atoms with Crippen molar-refractivity contribution in [2.45, 2.75) is 24.8 Å². The molecule has 0 aromatic heterocycles. The third-order valence-electron chi connectivity index (χ3n) is 2.67. The van der Waals surface area contributed by atoms with Crippen LogP contribution in [-0.2, 0) is 5.41 Å². The summed E-state index contributed by atoms with van der Waals surface area (Å²) in [5.41, 5.74) is -3.03. The zero-order valence-electron chi connectivity index (χ0n) is 10.6. The molecular weight excluding hydrogens is 259 g/mol. The third-order valence-corrected chi connectivity index (χ3v) is 3.40. The largest absolute Gasteiger partial charge is 0.441 e. The smallest absolute Gasteiger partial charge is 0.315 e. The number of thioether (sulfide) groups is 1. The molecule has 5 heteroatoms. The molecule has 1 aromatic carbocycles. The second-order valence-electron chi connectivity index (χ2n) is 4.72. The Morgan fingerprint density at radius 3 is 2.28 bits per heavy atom. The van der Waals surface area contributed by atoms with Crippen LogP contribution in [0, 0.1) is 0 Å². The fourth-order valence-corrected chi connectivity index (χ4v) is 2.11. The zero-order chi connectivity index (χ0) is 13.6. The van der Waals surface area contributed by atoms with Crippen molar-refractivity contribution in [3.8, 4) is 0 Å². The van der Waals surface area contributed by atoms with Crippen molar-refractivity contribution in [3.63, 3.8) is 0 Å². The first-order valence-electron chi connectivity index (χ1n) is 5.78. The standard InChI is InChI=1S/C13H18F3NS/c1-12(2,11-6-4-3-5-7-11)10-17-8-9-18-13(14,15)16/h3-7,17H,8-10H2,1-2H3. The minimum Gasteiger partial charge on any atom is -0.315 e. The van der Waals surface area contributed by atoms with Gasteiger partial charge in [0.15, 0.2) is 0 Å². The number of rotatable bonds is 6. The van der Waals surface area contributed by atoms with E-state index in [0.29, 0.717) is 13.1 Å². The fraction of sp³-hybridized carbons (Fsp3) is 0.538. The maximum absolute atomic E-state index is 11.9. The molecule has 0 aliphatic carbocycles. The first kappa shape index (κ1) is 15.4. The number of hydrogen-bond acceptors (Lipinski definition) is 2.